The van der Waals surface area contributed by atoms with Crippen LogP contribution in [0.15, 0.2) is 44.8 Å². The molecule has 0 aromatic heterocycles. The summed E-state index contributed by atoms with van der Waals surface area (Å²) < 4.78 is 1.69. The number of fused-ring (bicyclic) bond motifs is 1. The average Bonchev–Trinajstić information content (AvgIpc) is 2.78. The molecule has 3 aliphatic carbocycles. The molecule has 0 heterocycles. The van der Waals surface area contributed by atoms with E-state index >= 15 is 0 Å². The predicted octanol–water partition coefficient (Wildman–Crippen LogP) is 4.89. The molecule has 3 aliphatic rings. The summed E-state index contributed by atoms with van der Waals surface area (Å²) in [6.45, 7) is 0. The van der Waals surface area contributed by atoms with Gasteiger partial charge in [0.2, 0.25) is 0 Å². The van der Waals surface area contributed by atoms with E-state index in [0.717, 1.165) is 11.8 Å². The van der Waals surface area contributed by atoms with E-state index in [9.17, 15) is 0 Å². The summed E-state index contributed by atoms with van der Waals surface area (Å²) in [5.41, 5.74) is 3.40. The number of hydrogen-bond donors (Lipinski definition) is 0. The van der Waals surface area contributed by atoms with Gasteiger partial charge in [-0.1, -0.05) is 0 Å². The fourth-order valence-electron chi connectivity index (χ4n) is 3.31. The summed E-state index contributed by atoms with van der Waals surface area (Å²) in [4.78, 5) is 0. The van der Waals surface area contributed by atoms with Crippen LogP contribution >= 0.6 is 24.8 Å². The Labute approximate surface area is 137 Å². The van der Waals surface area contributed by atoms with Crippen LogP contribution in [0.1, 0.15) is 32.1 Å². The normalized spacial score (nSPS) is 29.2. The zero-order valence-electron chi connectivity index (χ0n) is 10.4. The SMILES string of the molecule is Cl.Cl.[Zr][C]1=C(C2CCC3CCC=CC=C32)C=CC1. The molecule has 1 fully saturated rings. The molecule has 0 aromatic rings. The van der Waals surface area contributed by atoms with Gasteiger partial charge in [0, 0.05) is 0 Å². The van der Waals surface area contributed by atoms with Gasteiger partial charge in [-0.2, -0.15) is 0 Å². The molecule has 0 spiro atoms. The fraction of sp³-hybridized carbons (Fsp3) is 0.467. The summed E-state index contributed by atoms with van der Waals surface area (Å²) in [5, 5.41) is 0. The number of rotatable bonds is 1. The Morgan fingerprint density at radius 3 is 2.61 bits per heavy atom. The Morgan fingerprint density at radius 2 is 1.89 bits per heavy atom. The second-order valence-corrected chi connectivity index (χ2v) is 6.52. The van der Waals surface area contributed by atoms with Crippen LogP contribution in [-0.4, -0.2) is 0 Å². The average molecular weight is 361 g/mol. The Hall–Kier alpha value is 0.423. The van der Waals surface area contributed by atoms with Crippen molar-refractivity contribution in [1.29, 1.82) is 0 Å². The summed E-state index contributed by atoms with van der Waals surface area (Å²) >= 11 is 1.62. The predicted molar refractivity (Wildman–Crippen MR) is 78.0 cm³/mol. The van der Waals surface area contributed by atoms with Gasteiger partial charge in [-0.25, -0.2) is 0 Å². The van der Waals surface area contributed by atoms with Crippen LogP contribution in [0.5, 0.6) is 0 Å². The van der Waals surface area contributed by atoms with Crippen molar-refractivity contribution in [1.82, 2.24) is 0 Å². The third kappa shape index (κ3) is 3.11. The summed E-state index contributed by atoms with van der Waals surface area (Å²) in [6, 6.07) is 0. The van der Waals surface area contributed by atoms with Crippen LogP contribution < -0.4 is 0 Å². The first kappa shape index (κ1) is 16.5. The van der Waals surface area contributed by atoms with Crippen molar-refractivity contribution in [2.75, 3.05) is 0 Å². The van der Waals surface area contributed by atoms with Crippen molar-refractivity contribution in [3.05, 3.63) is 44.8 Å². The summed E-state index contributed by atoms with van der Waals surface area (Å²) in [6.07, 6.45) is 18.5. The van der Waals surface area contributed by atoms with Gasteiger partial charge in [-0.3, -0.25) is 0 Å². The second kappa shape index (κ2) is 7.27. The molecule has 0 aliphatic heterocycles. The molecule has 3 heteroatoms. The van der Waals surface area contributed by atoms with E-state index in [0.29, 0.717) is 0 Å². The molecule has 0 radical (unpaired) electrons. The Morgan fingerprint density at radius 1 is 1.06 bits per heavy atom. The Bertz CT molecular complexity index is 418. The first-order chi connectivity index (χ1) is 7.86. The van der Waals surface area contributed by atoms with Gasteiger partial charge in [0.05, 0.1) is 0 Å². The van der Waals surface area contributed by atoms with Crippen molar-refractivity contribution < 1.29 is 24.7 Å². The number of hydrogen-bond acceptors (Lipinski definition) is 0. The van der Waals surface area contributed by atoms with Gasteiger partial charge in [0.25, 0.3) is 0 Å². The molecule has 1 saturated carbocycles. The van der Waals surface area contributed by atoms with Gasteiger partial charge in [-0.15, -0.1) is 24.8 Å². The third-order valence-electron chi connectivity index (χ3n) is 4.13. The van der Waals surface area contributed by atoms with Crippen molar-refractivity contribution in [3.63, 3.8) is 0 Å². The van der Waals surface area contributed by atoms with E-state index in [1.54, 1.807) is 39.1 Å². The molecule has 97 valence electrons. The molecule has 2 unspecified atom stereocenters. The molecule has 0 amide bonds. The fourth-order valence-corrected chi connectivity index (χ4v) is 4.23. The monoisotopic (exact) mass is 359 g/mol. The second-order valence-electron chi connectivity index (χ2n) is 5.04. The van der Waals surface area contributed by atoms with Gasteiger partial charge in [0.15, 0.2) is 0 Å². The van der Waals surface area contributed by atoms with Crippen molar-refractivity contribution in [2.24, 2.45) is 11.8 Å². The molecular formula is C15H19Cl2Zr. The molecule has 0 nitrogen and oxygen atoms in total. The van der Waals surface area contributed by atoms with Crippen LogP contribution in [0.4, 0.5) is 0 Å². The molecule has 2 atom stereocenters. The third-order valence-corrected chi connectivity index (χ3v) is 5.34. The zero-order chi connectivity index (χ0) is 11.0. The molecule has 3 rings (SSSR count). The minimum atomic E-state index is 0. The minimum absolute atomic E-state index is 0. The van der Waals surface area contributed by atoms with Crippen LogP contribution in [0.3, 0.4) is 0 Å². The van der Waals surface area contributed by atoms with E-state index < -0.39 is 0 Å². The van der Waals surface area contributed by atoms with E-state index in [2.05, 4.69) is 30.4 Å². The van der Waals surface area contributed by atoms with Gasteiger partial charge >= 0.3 is 113 Å². The van der Waals surface area contributed by atoms with Crippen molar-refractivity contribution in [3.8, 4) is 0 Å². The zero-order valence-corrected chi connectivity index (χ0v) is 14.5. The maximum atomic E-state index is 2.41. The van der Waals surface area contributed by atoms with Gasteiger partial charge < -0.3 is 0 Å². The van der Waals surface area contributed by atoms with E-state index in [1.807, 2.05) is 0 Å². The van der Waals surface area contributed by atoms with Gasteiger partial charge in [-0.05, 0) is 0 Å². The summed E-state index contributed by atoms with van der Waals surface area (Å²) in [7, 11) is 0. The summed E-state index contributed by atoms with van der Waals surface area (Å²) in [5.74, 6) is 1.64. The van der Waals surface area contributed by atoms with Crippen molar-refractivity contribution in [2.45, 2.75) is 32.1 Å². The Balaban J connectivity index is 0.000000810. The first-order valence-electron chi connectivity index (χ1n) is 6.34. The molecule has 18 heavy (non-hydrogen) atoms. The quantitative estimate of drug-likeness (QED) is 0.624. The molecule has 0 bridgehead atoms. The first-order valence-corrected chi connectivity index (χ1v) is 7.57. The standard InChI is InChI=1S/C15H17.2ClH.Zr/c1-2-6-13-10-11-15(14(13)9-3-1)12-7-4-5-8-12;;;/h1,3-4,7,9,13,15H,2,5-6,10-11H2;2*1H;. The van der Waals surface area contributed by atoms with Crippen LogP contribution in [0.25, 0.3) is 0 Å². The van der Waals surface area contributed by atoms with Crippen LogP contribution in [0, 0.1) is 11.8 Å². The molecular weight excluding hydrogens is 342 g/mol. The number of halogens is 2. The Kier molecular flexibility index (Phi) is 6.66. The maximum absolute atomic E-state index is 2.41. The van der Waals surface area contributed by atoms with Gasteiger partial charge in [0.1, 0.15) is 0 Å². The van der Waals surface area contributed by atoms with E-state index in [-0.39, 0.29) is 24.8 Å². The molecule has 0 N–H and O–H groups in total. The van der Waals surface area contributed by atoms with Crippen LogP contribution in [-0.2, 0) is 24.7 Å². The van der Waals surface area contributed by atoms with Crippen molar-refractivity contribution >= 4 is 24.8 Å². The van der Waals surface area contributed by atoms with E-state index in [1.165, 1.54) is 32.1 Å². The number of allylic oxidation sites excluding steroid dienone is 8. The van der Waals surface area contributed by atoms with Crippen LogP contribution in [0.2, 0.25) is 0 Å². The molecule has 0 aromatic carbocycles. The topological polar surface area (TPSA) is 0 Å². The van der Waals surface area contributed by atoms with E-state index in [4.69, 9.17) is 0 Å². The molecule has 0 saturated heterocycles.